The van der Waals surface area contributed by atoms with Gasteiger partial charge in [-0.15, -0.1) is 0 Å². The van der Waals surface area contributed by atoms with Crippen molar-refractivity contribution in [2.45, 2.75) is 0 Å². The summed E-state index contributed by atoms with van der Waals surface area (Å²) in [4.78, 5) is 16.2. The van der Waals surface area contributed by atoms with Crippen molar-refractivity contribution < 1.29 is 9.53 Å². The molecule has 0 saturated heterocycles. The Morgan fingerprint density at radius 1 is 1.33 bits per heavy atom. The van der Waals surface area contributed by atoms with E-state index in [9.17, 15) is 4.79 Å². The minimum absolute atomic E-state index is 0.358. The first-order valence-corrected chi connectivity index (χ1v) is 5.64. The molecule has 90 valence electrons. The number of esters is 1. The quantitative estimate of drug-likeness (QED) is 0.614. The number of pyridine rings is 1. The maximum absolute atomic E-state index is 11.7. The van der Waals surface area contributed by atoms with Crippen molar-refractivity contribution in [2.24, 2.45) is 7.05 Å². The Balaban J connectivity index is 2.41. The summed E-state index contributed by atoms with van der Waals surface area (Å²) >= 11 is 0. The summed E-state index contributed by atoms with van der Waals surface area (Å²) < 4.78 is 6.67. The number of hydrogen-bond acceptors (Lipinski definition) is 3. The van der Waals surface area contributed by atoms with E-state index < -0.39 is 0 Å². The van der Waals surface area contributed by atoms with E-state index in [1.54, 1.807) is 6.20 Å². The molecule has 0 atom stereocenters. The van der Waals surface area contributed by atoms with Crippen molar-refractivity contribution in [3.63, 3.8) is 0 Å². The molecule has 0 radical (unpaired) electrons. The van der Waals surface area contributed by atoms with Crippen molar-refractivity contribution in [1.82, 2.24) is 9.55 Å². The lowest BCUT2D eigenvalue weighted by Gasteiger charge is -2.00. The molecule has 2 aromatic heterocycles. The fraction of sp³-hybridized carbons (Fsp3) is 0.143. The Morgan fingerprint density at radius 2 is 2.11 bits per heavy atom. The highest BCUT2D eigenvalue weighted by atomic mass is 16.5. The lowest BCUT2D eigenvalue weighted by molar-refractivity contribution is 0.0602. The predicted octanol–water partition coefficient (Wildman–Crippen LogP) is 2.51. The fourth-order valence-corrected chi connectivity index (χ4v) is 2.16. The van der Waals surface area contributed by atoms with Crippen molar-refractivity contribution in [1.29, 1.82) is 0 Å². The van der Waals surface area contributed by atoms with Crippen molar-refractivity contribution in [3.8, 4) is 0 Å². The third kappa shape index (κ3) is 1.46. The first-order chi connectivity index (χ1) is 8.70. The van der Waals surface area contributed by atoms with Crippen LogP contribution in [-0.2, 0) is 11.8 Å². The van der Waals surface area contributed by atoms with Gasteiger partial charge < -0.3 is 9.30 Å². The summed E-state index contributed by atoms with van der Waals surface area (Å²) in [7, 11) is 3.27. The largest absolute Gasteiger partial charge is 0.465 e. The van der Waals surface area contributed by atoms with Crippen LogP contribution in [-0.4, -0.2) is 22.6 Å². The number of nitrogens with zero attached hydrogens (tertiary/aromatic N) is 2. The summed E-state index contributed by atoms with van der Waals surface area (Å²) in [5, 5.41) is 1.06. The Kier molecular flexibility index (Phi) is 2.30. The molecule has 0 amide bonds. The van der Waals surface area contributed by atoms with E-state index in [0.29, 0.717) is 11.1 Å². The molecule has 4 nitrogen and oxygen atoms in total. The number of para-hydroxylation sites is 1. The lowest BCUT2D eigenvalue weighted by Crippen LogP contribution is -2.00. The highest BCUT2D eigenvalue weighted by Gasteiger charge is 2.16. The van der Waals surface area contributed by atoms with Crippen molar-refractivity contribution >= 4 is 27.9 Å². The Hall–Kier alpha value is -2.36. The molecule has 0 aliphatic heterocycles. The van der Waals surface area contributed by atoms with Gasteiger partial charge in [0.1, 0.15) is 11.1 Å². The minimum Gasteiger partial charge on any atom is -0.465 e. The Labute approximate surface area is 104 Å². The van der Waals surface area contributed by atoms with Crippen LogP contribution in [0.4, 0.5) is 0 Å². The Bertz CT molecular complexity index is 759. The molecule has 0 aliphatic rings. The average Bonchev–Trinajstić information content (AvgIpc) is 2.72. The zero-order valence-electron chi connectivity index (χ0n) is 10.2. The molecule has 0 aliphatic carbocycles. The van der Waals surface area contributed by atoms with Gasteiger partial charge in [0.2, 0.25) is 0 Å². The number of fused-ring (bicyclic) bond motifs is 2. The molecule has 0 N–H and O–H groups in total. The number of carbonyl (C=O) groups is 1. The average molecular weight is 240 g/mol. The van der Waals surface area contributed by atoms with Gasteiger partial charge in [-0.1, -0.05) is 18.2 Å². The maximum Gasteiger partial charge on any atom is 0.341 e. The molecule has 2 heterocycles. The molecule has 0 saturated carbocycles. The van der Waals surface area contributed by atoms with Gasteiger partial charge in [-0.2, -0.15) is 0 Å². The van der Waals surface area contributed by atoms with Crippen LogP contribution < -0.4 is 0 Å². The van der Waals surface area contributed by atoms with E-state index in [-0.39, 0.29) is 5.97 Å². The second-order valence-electron chi connectivity index (χ2n) is 4.19. The molecule has 0 spiro atoms. The summed E-state index contributed by atoms with van der Waals surface area (Å²) in [6.07, 6.45) is 1.75. The topological polar surface area (TPSA) is 44.1 Å². The van der Waals surface area contributed by atoms with Crippen LogP contribution in [0.25, 0.3) is 21.9 Å². The van der Waals surface area contributed by atoms with E-state index in [2.05, 4.69) is 4.98 Å². The summed E-state index contributed by atoms with van der Waals surface area (Å²) in [5.41, 5.74) is 2.99. The van der Waals surface area contributed by atoms with Crippen molar-refractivity contribution in [3.05, 3.63) is 42.1 Å². The van der Waals surface area contributed by atoms with Gasteiger partial charge in [0.05, 0.1) is 18.1 Å². The van der Waals surface area contributed by atoms with Crippen LogP contribution in [0.3, 0.4) is 0 Å². The van der Waals surface area contributed by atoms with Gasteiger partial charge in [0.25, 0.3) is 0 Å². The standard InChI is InChI=1S/C14H12N2O2/c1-16-8-10(14(17)18-2)13-12(16)7-9-5-3-4-6-11(9)15-13/h3-8H,1-2H3. The number of carbonyl (C=O) groups excluding carboxylic acids is 1. The molecule has 0 fully saturated rings. The highest BCUT2D eigenvalue weighted by Crippen LogP contribution is 2.23. The van der Waals surface area contributed by atoms with Crippen LogP contribution in [0, 0.1) is 0 Å². The number of aryl methyl sites for hydroxylation is 1. The molecule has 0 unspecified atom stereocenters. The second kappa shape index (κ2) is 3.84. The van der Waals surface area contributed by atoms with E-state index in [1.807, 2.05) is 41.9 Å². The zero-order chi connectivity index (χ0) is 12.7. The fourth-order valence-electron chi connectivity index (χ4n) is 2.16. The lowest BCUT2D eigenvalue weighted by atomic mass is 10.2. The number of rotatable bonds is 1. The Morgan fingerprint density at radius 3 is 2.89 bits per heavy atom. The molecule has 4 heteroatoms. The second-order valence-corrected chi connectivity index (χ2v) is 4.19. The van der Waals surface area contributed by atoms with E-state index in [1.165, 1.54) is 7.11 Å². The van der Waals surface area contributed by atoms with E-state index >= 15 is 0 Å². The molecular formula is C14H12N2O2. The van der Waals surface area contributed by atoms with Gasteiger partial charge in [0.15, 0.2) is 0 Å². The predicted molar refractivity (Wildman–Crippen MR) is 69.6 cm³/mol. The number of benzene rings is 1. The van der Waals surface area contributed by atoms with Gasteiger partial charge >= 0.3 is 5.97 Å². The molecule has 1 aromatic carbocycles. The normalized spacial score (nSPS) is 11.0. The van der Waals surface area contributed by atoms with Crippen LogP contribution >= 0.6 is 0 Å². The summed E-state index contributed by atoms with van der Waals surface area (Å²) in [5.74, 6) is -0.358. The molecule has 3 rings (SSSR count). The number of hydrogen-bond donors (Lipinski definition) is 0. The van der Waals surface area contributed by atoms with Gasteiger partial charge in [0, 0.05) is 18.6 Å². The van der Waals surface area contributed by atoms with E-state index in [4.69, 9.17) is 4.74 Å². The van der Waals surface area contributed by atoms with Gasteiger partial charge in [-0.3, -0.25) is 0 Å². The third-order valence-corrected chi connectivity index (χ3v) is 3.07. The third-order valence-electron chi connectivity index (χ3n) is 3.07. The maximum atomic E-state index is 11.7. The molecule has 18 heavy (non-hydrogen) atoms. The van der Waals surface area contributed by atoms with E-state index in [0.717, 1.165) is 16.4 Å². The van der Waals surface area contributed by atoms with Gasteiger partial charge in [-0.25, -0.2) is 9.78 Å². The minimum atomic E-state index is -0.358. The molecule has 3 aromatic rings. The zero-order valence-corrected chi connectivity index (χ0v) is 10.2. The summed E-state index contributed by atoms with van der Waals surface area (Å²) in [6, 6.07) is 9.88. The van der Waals surface area contributed by atoms with Crippen LogP contribution in [0.2, 0.25) is 0 Å². The first-order valence-electron chi connectivity index (χ1n) is 5.64. The van der Waals surface area contributed by atoms with Crippen LogP contribution in [0.15, 0.2) is 36.5 Å². The molecular weight excluding hydrogens is 228 g/mol. The summed E-state index contributed by atoms with van der Waals surface area (Å²) in [6.45, 7) is 0. The SMILES string of the molecule is COC(=O)c1cn(C)c2cc3ccccc3nc12. The van der Waals surface area contributed by atoms with Crippen molar-refractivity contribution in [2.75, 3.05) is 7.11 Å². The number of methoxy groups -OCH3 is 1. The van der Waals surface area contributed by atoms with Crippen LogP contribution in [0.1, 0.15) is 10.4 Å². The van der Waals surface area contributed by atoms with Crippen LogP contribution in [0.5, 0.6) is 0 Å². The number of ether oxygens (including phenoxy) is 1. The highest BCUT2D eigenvalue weighted by molar-refractivity contribution is 6.05. The van der Waals surface area contributed by atoms with Gasteiger partial charge in [-0.05, 0) is 12.1 Å². The smallest absolute Gasteiger partial charge is 0.341 e. The number of aromatic nitrogens is 2. The molecule has 0 bridgehead atoms. The monoisotopic (exact) mass is 240 g/mol. The first kappa shape index (κ1) is 10.8.